The van der Waals surface area contributed by atoms with Gasteiger partial charge in [0.25, 0.3) is 0 Å². The molecule has 4 nitrogen and oxygen atoms in total. The van der Waals surface area contributed by atoms with Crippen LogP contribution in [0.5, 0.6) is 11.6 Å². The van der Waals surface area contributed by atoms with Crippen LogP contribution in [0.1, 0.15) is 5.56 Å². The largest absolute Gasteiger partial charge is 0.438 e. The number of aromatic nitrogens is 2. The minimum Gasteiger partial charge on any atom is -0.438 e. The average Bonchev–Trinajstić information content (AvgIpc) is 2.37. The van der Waals surface area contributed by atoms with Gasteiger partial charge in [-0.25, -0.2) is 4.98 Å². The van der Waals surface area contributed by atoms with Crippen molar-refractivity contribution in [3.63, 3.8) is 0 Å². The first-order valence-corrected chi connectivity index (χ1v) is 6.65. The van der Waals surface area contributed by atoms with Crippen LogP contribution in [0, 0.1) is 0 Å². The van der Waals surface area contributed by atoms with E-state index in [0.29, 0.717) is 5.16 Å². The molecule has 0 aliphatic rings. The number of thioether (sulfide) groups is 1. The van der Waals surface area contributed by atoms with Crippen molar-refractivity contribution in [3.05, 3.63) is 35.9 Å². The number of nitrogens with zero attached hydrogens (tertiary/aromatic N) is 2. The van der Waals surface area contributed by atoms with E-state index in [9.17, 15) is 13.2 Å². The van der Waals surface area contributed by atoms with Crippen LogP contribution in [0.4, 0.5) is 19.0 Å². The number of rotatable bonds is 3. The van der Waals surface area contributed by atoms with E-state index >= 15 is 0 Å². The normalized spacial score (nSPS) is 11.4. The molecule has 8 heteroatoms. The Balaban J connectivity index is 2.38. The van der Waals surface area contributed by atoms with Crippen LogP contribution >= 0.6 is 11.8 Å². The standard InChI is InChI=1S/C12H10F3N3OS/c1-20-11-17-9(16)6-10(18-11)19-8-5-3-2-4-7(8)12(13,14)15/h2-6H,1H3,(H2,16,17,18). The van der Waals surface area contributed by atoms with E-state index in [1.807, 2.05) is 0 Å². The highest BCUT2D eigenvalue weighted by atomic mass is 32.2. The highest BCUT2D eigenvalue weighted by Gasteiger charge is 2.34. The predicted molar refractivity (Wildman–Crippen MR) is 69.7 cm³/mol. The first-order chi connectivity index (χ1) is 9.40. The van der Waals surface area contributed by atoms with Crippen LogP contribution < -0.4 is 10.5 Å². The van der Waals surface area contributed by atoms with Crippen molar-refractivity contribution in [1.29, 1.82) is 0 Å². The number of alkyl halides is 3. The second-order valence-corrected chi connectivity index (χ2v) is 4.49. The molecule has 2 N–H and O–H groups in total. The number of benzene rings is 1. The van der Waals surface area contributed by atoms with Crippen molar-refractivity contribution >= 4 is 17.6 Å². The summed E-state index contributed by atoms with van der Waals surface area (Å²) in [6.45, 7) is 0. The maximum absolute atomic E-state index is 12.8. The van der Waals surface area contributed by atoms with E-state index < -0.39 is 11.7 Å². The van der Waals surface area contributed by atoms with Gasteiger partial charge in [-0.1, -0.05) is 23.9 Å². The third-order valence-electron chi connectivity index (χ3n) is 2.29. The van der Waals surface area contributed by atoms with Crippen LogP contribution in [0.2, 0.25) is 0 Å². The molecule has 0 spiro atoms. The van der Waals surface area contributed by atoms with E-state index in [0.717, 1.165) is 6.07 Å². The van der Waals surface area contributed by atoms with Gasteiger partial charge in [0.2, 0.25) is 5.88 Å². The molecule has 2 rings (SSSR count). The van der Waals surface area contributed by atoms with Gasteiger partial charge in [0, 0.05) is 6.07 Å². The van der Waals surface area contributed by atoms with Gasteiger partial charge in [0.05, 0.1) is 5.56 Å². The fourth-order valence-electron chi connectivity index (χ4n) is 1.47. The lowest BCUT2D eigenvalue weighted by molar-refractivity contribution is -0.138. The Morgan fingerprint density at radius 1 is 1.20 bits per heavy atom. The maximum Gasteiger partial charge on any atom is 0.419 e. The number of hydrogen-bond donors (Lipinski definition) is 1. The third-order valence-corrected chi connectivity index (χ3v) is 2.84. The molecule has 1 aromatic heterocycles. The van der Waals surface area contributed by atoms with E-state index in [1.165, 1.54) is 36.0 Å². The van der Waals surface area contributed by atoms with E-state index in [2.05, 4.69) is 9.97 Å². The van der Waals surface area contributed by atoms with Gasteiger partial charge in [-0.2, -0.15) is 18.2 Å². The molecule has 0 aliphatic carbocycles. The maximum atomic E-state index is 12.8. The molecule has 1 aromatic carbocycles. The van der Waals surface area contributed by atoms with Crippen molar-refractivity contribution < 1.29 is 17.9 Å². The van der Waals surface area contributed by atoms with Crippen molar-refractivity contribution in [2.45, 2.75) is 11.3 Å². The van der Waals surface area contributed by atoms with Gasteiger partial charge in [-0.05, 0) is 18.4 Å². The molecule has 20 heavy (non-hydrogen) atoms. The number of nitrogens with two attached hydrogens (primary N) is 1. The number of nitrogen functional groups attached to an aromatic ring is 1. The Morgan fingerprint density at radius 2 is 1.90 bits per heavy atom. The van der Waals surface area contributed by atoms with Gasteiger partial charge in [-0.3, -0.25) is 0 Å². The van der Waals surface area contributed by atoms with Crippen molar-refractivity contribution in [1.82, 2.24) is 9.97 Å². The molecule has 0 aliphatic heterocycles. The molecule has 0 atom stereocenters. The van der Waals surface area contributed by atoms with Crippen LogP contribution in [-0.2, 0) is 6.18 Å². The smallest absolute Gasteiger partial charge is 0.419 e. The number of para-hydroxylation sites is 1. The minimum absolute atomic E-state index is 0.0291. The zero-order valence-corrected chi connectivity index (χ0v) is 11.1. The van der Waals surface area contributed by atoms with Gasteiger partial charge >= 0.3 is 6.18 Å². The van der Waals surface area contributed by atoms with Gasteiger partial charge < -0.3 is 10.5 Å². The van der Waals surface area contributed by atoms with Crippen molar-refractivity contribution in [2.75, 3.05) is 12.0 Å². The van der Waals surface area contributed by atoms with Crippen LogP contribution in [0.3, 0.4) is 0 Å². The first-order valence-electron chi connectivity index (χ1n) is 5.43. The molecule has 1 heterocycles. The molecule has 0 fully saturated rings. The molecule has 0 bridgehead atoms. The lowest BCUT2D eigenvalue weighted by atomic mass is 10.2. The molecule has 0 amide bonds. The van der Waals surface area contributed by atoms with Crippen LogP contribution in [0.15, 0.2) is 35.5 Å². The predicted octanol–water partition coefficient (Wildman–Crippen LogP) is 3.59. The minimum atomic E-state index is -4.50. The summed E-state index contributed by atoms with van der Waals surface area (Å²) in [5.41, 5.74) is 4.67. The highest BCUT2D eigenvalue weighted by Crippen LogP contribution is 2.37. The van der Waals surface area contributed by atoms with E-state index in [1.54, 1.807) is 6.26 Å². The molecular formula is C12H10F3N3OS. The summed E-state index contributed by atoms with van der Waals surface area (Å²) < 4.78 is 43.7. The lowest BCUT2D eigenvalue weighted by Crippen LogP contribution is -2.07. The molecule has 106 valence electrons. The van der Waals surface area contributed by atoms with E-state index in [4.69, 9.17) is 10.5 Å². The summed E-state index contributed by atoms with van der Waals surface area (Å²) in [6.07, 6.45) is -2.78. The molecule has 0 saturated carbocycles. The highest BCUT2D eigenvalue weighted by molar-refractivity contribution is 7.98. The second kappa shape index (κ2) is 5.58. The lowest BCUT2D eigenvalue weighted by Gasteiger charge is -2.13. The Hall–Kier alpha value is -1.96. The molecule has 2 aromatic rings. The Labute approximate surface area is 117 Å². The van der Waals surface area contributed by atoms with Gasteiger partial charge in [0.1, 0.15) is 11.6 Å². The summed E-state index contributed by atoms with van der Waals surface area (Å²) in [4.78, 5) is 7.85. The summed E-state index contributed by atoms with van der Waals surface area (Å²) in [6, 6.07) is 6.17. The molecule has 0 unspecified atom stereocenters. The van der Waals surface area contributed by atoms with Crippen LogP contribution in [-0.4, -0.2) is 16.2 Å². The fraction of sp³-hybridized carbons (Fsp3) is 0.167. The average molecular weight is 301 g/mol. The number of ether oxygens (including phenoxy) is 1. The quantitative estimate of drug-likeness (QED) is 0.693. The fourth-order valence-corrected chi connectivity index (χ4v) is 1.84. The Bertz CT molecular complexity index is 619. The molecule has 0 radical (unpaired) electrons. The number of hydrogen-bond acceptors (Lipinski definition) is 5. The van der Waals surface area contributed by atoms with Crippen molar-refractivity contribution in [3.8, 4) is 11.6 Å². The zero-order chi connectivity index (χ0) is 14.8. The van der Waals surface area contributed by atoms with Gasteiger partial charge in [0.15, 0.2) is 5.16 Å². The summed E-state index contributed by atoms with van der Waals surface area (Å²) >= 11 is 1.21. The zero-order valence-electron chi connectivity index (χ0n) is 10.3. The summed E-state index contributed by atoms with van der Waals surface area (Å²) in [5, 5.41) is 0.324. The Morgan fingerprint density at radius 3 is 2.55 bits per heavy atom. The number of halogens is 3. The molecular weight excluding hydrogens is 291 g/mol. The second-order valence-electron chi connectivity index (χ2n) is 3.71. The SMILES string of the molecule is CSc1nc(N)cc(Oc2ccccc2C(F)(F)F)n1. The number of anilines is 1. The molecule has 0 saturated heterocycles. The van der Waals surface area contributed by atoms with E-state index in [-0.39, 0.29) is 17.4 Å². The Kier molecular flexibility index (Phi) is 4.03. The van der Waals surface area contributed by atoms with Crippen molar-refractivity contribution in [2.24, 2.45) is 0 Å². The monoisotopic (exact) mass is 301 g/mol. The topological polar surface area (TPSA) is 61.0 Å². The summed E-state index contributed by atoms with van der Waals surface area (Å²) in [7, 11) is 0. The van der Waals surface area contributed by atoms with Crippen LogP contribution in [0.25, 0.3) is 0 Å². The third kappa shape index (κ3) is 3.32. The summed E-state index contributed by atoms with van der Waals surface area (Å²) in [5.74, 6) is -0.229. The first kappa shape index (κ1) is 14.4. The van der Waals surface area contributed by atoms with Gasteiger partial charge in [-0.15, -0.1) is 0 Å².